The Bertz CT molecular complexity index is 1190. The third-order valence-electron chi connectivity index (χ3n) is 4.94. The predicted octanol–water partition coefficient (Wildman–Crippen LogP) is -7.13. The van der Waals surface area contributed by atoms with Gasteiger partial charge in [-0.05, 0) is 48.4 Å². The van der Waals surface area contributed by atoms with Gasteiger partial charge in [-0.15, -0.1) is 20.5 Å². The molecule has 0 radical (unpaired) electrons. The van der Waals surface area contributed by atoms with Crippen LogP contribution < -0.4 is 48.1 Å². The Morgan fingerprint density at radius 2 is 0.933 bits per heavy atom. The molecule has 0 amide bonds. The van der Waals surface area contributed by atoms with Gasteiger partial charge >= 0.3 is 16.8 Å². The van der Waals surface area contributed by atoms with Gasteiger partial charge in [0, 0.05) is 44.3 Å². The van der Waals surface area contributed by atoms with Gasteiger partial charge in [-0.1, -0.05) is 48.5 Å². The van der Waals surface area contributed by atoms with Crippen LogP contribution in [0, 0.1) is 20.5 Å². The van der Waals surface area contributed by atoms with E-state index in [1.165, 1.54) is 0 Å². The maximum absolute atomic E-state index is 10.3. The van der Waals surface area contributed by atoms with Crippen LogP contribution in [-0.4, -0.2) is 31.9 Å². The molecule has 4 aromatic rings. The maximum atomic E-state index is 10.3. The second-order valence-corrected chi connectivity index (χ2v) is 9.99. The third kappa shape index (κ3) is 25.8. The van der Waals surface area contributed by atoms with Crippen molar-refractivity contribution in [3.63, 3.8) is 0 Å². The molecule has 4 rings (SSSR count). The molecule has 15 nitrogen and oxygen atoms in total. The van der Waals surface area contributed by atoms with Crippen LogP contribution in [0.1, 0.15) is 22.6 Å². The second kappa shape index (κ2) is 22.4. The van der Waals surface area contributed by atoms with Crippen molar-refractivity contribution >= 4 is 5.97 Å². The number of hydrogen-bond donors (Lipinski definition) is 1. The Morgan fingerprint density at radius 1 is 0.622 bits per heavy atom. The summed E-state index contributed by atoms with van der Waals surface area (Å²) in [5.74, 6) is -1.21. The van der Waals surface area contributed by atoms with E-state index in [0.29, 0.717) is 6.42 Å². The number of carbonyl (C=O) groups is 1. The topological polar surface area (TPSA) is 293 Å². The summed E-state index contributed by atoms with van der Waals surface area (Å²) in [5, 5.41) is 10.3. The number of carboxylic acids is 1. The first kappa shape index (κ1) is 41.8. The van der Waals surface area contributed by atoms with Crippen molar-refractivity contribution in [2.45, 2.75) is 32.1 Å². The first-order chi connectivity index (χ1) is 20.6. The van der Waals surface area contributed by atoms with Gasteiger partial charge in [-0.3, -0.25) is 19.9 Å². The smallest absolute Gasteiger partial charge is 0.548 e. The number of halogens is 2. The van der Waals surface area contributed by atoms with Crippen molar-refractivity contribution < 1.29 is 84.4 Å². The number of carboxylic acid groups (broad SMARTS) is 1. The number of carbonyl (C=O) groups excluding carboxylic acids is 1. The molecule has 0 aliphatic heterocycles. The van der Waals surface area contributed by atoms with Crippen LogP contribution in [0.3, 0.4) is 0 Å². The fourth-order valence-corrected chi connectivity index (χ4v) is 3.28. The minimum absolute atomic E-state index is 0. The van der Waals surface area contributed by atoms with Gasteiger partial charge in [0.15, 0.2) is 0 Å². The molecule has 45 heavy (non-hydrogen) atoms. The van der Waals surface area contributed by atoms with E-state index in [1.807, 2.05) is 104 Å². The van der Waals surface area contributed by atoms with Crippen molar-refractivity contribution in [3.05, 3.63) is 126 Å². The van der Waals surface area contributed by atoms with Crippen LogP contribution >= 0.6 is 0 Å². The molecule has 0 bridgehead atoms. The third-order valence-corrected chi connectivity index (χ3v) is 4.94. The molecular formula is C27H28Cl2CoN5O10. The molecule has 0 aliphatic rings. The molecule has 1 atom stereocenters. The van der Waals surface area contributed by atoms with Crippen molar-refractivity contribution in [2.24, 2.45) is 5.73 Å². The van der Waals surface area contributed by atoms with E-state index in [1.54, 1.807) is 0 Å². The fourth-order valence-electron chi connectivity index (χ4n) is 3.28. The number of benzene rings is 1. The van der Waals surface area contributed by atoms with Crippen molar-refractivity contribution in [1.29, 1.82) is 0 Å². The van der Waals surface area contributed by atoms with Gasteiger partial charge in [0.2, 0.25) is 0 Å². The Morgan fingerprint density at radius 3 is 1.20 bits per heavy atom. The summed E-state index contributed by atoms with van der Waals surface area (Å²) in [6.45, 7) is 2.32. The normalized spacial score (nSPS) is 11.2. The molecule has 1 aromatic carbocycles. The molecule has 0 fully saturated rings. The average molecular weight is 712 g/mol. The zero-order valence-electron chi connectivity index (χ0n) is 23.3. The molecule has 0 aliphatic carbocycles. The molecule has 18 heteroatoms. The van der Waals surface area contributed by atoms with Gasteiger partial charge in [-0.2, -0.15) is 0 Å². The molecule has 0 spiro atoms. The molecule has 244 valence electrons. The molecule has 3 heterocycles. The molecule has 2 N–H and O–H groups in total. The number of aliphatic carboxylic acids is 1. The van der Waals surface area contributed by atoms with Crippen LogP contribution in [0.5, 0.6) is 0 Å². The molecule has 0 saturated carbocycles. The number of hydrogen-bond acceptors (Lipinski definition) is 15. The van der Waals surface area contributed by atoms with Crippen molar-refractivity contribution in [2.75, 3.05) is 0 Å². The minimum Gasteiger partial charge on any atom is -0.548 e. The summed E-state index contributed by atoms with van der Waals surface area (Å²) in [7, 11) is -9.89. The summed E-state index contributed by atoms with van der Waals surface area (Å²) >= 11 is 0. The summed E-state index contributed by atoms with van der Waals surface area (Å²) in [6, 6.07) is 26.3. The number of rotatable bonds is 9. The van der Waals surface area contributed by atoms with Gasteiger partial charge < -0.3 is 15.6 Å². The Balaban J connectivity index is 0.000000707. The second-order valence-electron chi connectivity index (χ2n) is 8.48. The number of pyridine rings is 3. The van der Waals surface area contributed by atoms with Crippen LogP contribution in [0.4, 0.5) is 0 Å². The van der Waals surface area contributed by atoms with Gasteiger partial charge in [-0.25, -0.2) is 37.3 Å². The summed E-state index contributed by atoms with van der Waals surface area (Å²) in [4.78, 5) is 25.8. The van der Waals surface area contributed by atoms with Crippen LogP contribution in [0.15, 0.2) is 104 Å². The van der Waals surface area contributed by atoms with Crippen LogP contribution in [0.25, 0.3) is 0 Å². The minimum atomic E-state index is -4.94. The first-order valence-corrected chi connectivity index (χ1v) is 14.7. The largest absolute Gasteiger partial charge is 3.00 e. The first-order valence-electron chi connectivity index (χ1n) is 12.3. The predicted molar refractivity (Wildman–Crippen MR) is 129 cm³/mol. The quantitative estimate of drug-likeness (QED) is 0.169. The number of nitrogens with two attached hydrogens (primary N) is 1. The molecular weight excluding hydrogens is 684 g/mol. The standard InChI is InChI=1S/C18H18N4.C9H11NO2.2ClHO4.Co/c1-4-10-19-16(7-1)13-22(14-17-8-2-5-11-20-17)15-18-9-3-6-12-21-18;10-8(9(11)12)6-7-4-2-1-3-5-7;2*2-1(3,4)5;/h1-12H,13-15H2;1-5,8H,6,10H2,(H,11,12);2*(H,2,3,4,5);/q;;;;+3/p-3/t;8-;;;/m.0.../s1. The SMILES string of the molecule is N[C@@H](Cc1ccccc1)C(=O)[O-].[Co+3].[O-][Cl+3]([O-])([O-])[O-].[O-][Cl+3]([O-])([O-])[O-].c1ccc(CN(Cc2ccccn2)Cc2ccccn2)nc1. The van der Waals surface area contributed by atoms with Crippen molar-refractivity contribution in [1.82, 2.24) is 19.9 Å². The monoisotopic (exact) mass is 711 g/mol. The van der Waals surface area contributed by atoms with Crippen LogP contribution in [0.2, 0.25) is 0 Å². The van der Waals surface area contributed by atoms with Crippen LogP contribution in [-0.2, 0) is 47.6 Å². The number of nitrogens with zero attached hydrogens (tertiary/aromatic N) is 4. The van der Waals surface area contributed by atoms with E-state index in [4.69, 9.17) is 43.0 Å². The van der Waals surface area contributed by atoms with Crippen molar-refractivity contribution in [3.8, 4) is 0 Å². The Hall–Kier alpha value is -3.17. The zero-order chi connectivity index (χ0) is 33.0. The summed E-state index contributed by atoms with van der Waals surface area (Å²) < 4.78 is 67.9. The summed E-state index contributed by atoms with van der Waals surface area (Å²) in [5.41, 5.74) is 9.35. The van der Waals surface area contributed by atoms with Gasteiger partial charge in [0.25, 0.3) is 0 Å². The van der Waals surface area contributed by atoms with Gasteiger partial charge in [0.05, 0.1) is 23.1 Å². The van der Waals surface area contributed by atoms with E-state index >= 15 is 0 Å². The molecule has 3 aromatic heterocycles. The van der Waals surface area contributed by atoms with Gasteiger partial charge in [0.1, 0.15) is 0 Å². The fraction of sp³-hybridized carbons (Fsp3) is 0.185. The van der Waals surface area contributed by atoms with E-state index in [9.17, 15) is 9.90 Å². The van der Waals surface area contributed by atoms with E-state index in [-0.39, 0.29) is 16.8 Å². The zero-order valence-corrected chi connectivity index (χ0v) is 25.8. The number of aromatic nitrogens is 3. The maximum Gasteiger partial charge on any atom is 3.00 e. The molecule has 0 saturated heterocycles. The average Bonchev–Trinajstić information content (AvgIpc) is 2.94. The molecule has 0 unspecified atom stereocenters. The Labute approximate surface area is 273 Å². The summed E-state index contributed by atoms with van der Waals surface area (Å²) in [6.07, 6.45) is 5.81. The van der Waals surface area contributed by atoms with E-state index in [2.05, 4.69) is 19.9 Å². The Kier molecular flexibility index (Phi) is 20.8. The van der Waals surface area contributed by atoms with E-state index < -0.39 is 32.5 Å². The van der Waals surface area contributed by atoms with E-state index in [0.717, 1.165) is 42.3 Å².